The molecule has 1 aliphatic rings. The number of nitrogens with one attached hydrogen (secondary N) is 2. The van der Waals surface area contributed by atoms with Crippen molar-refractivity contribution in [2.75, 3.05) is 5.32 Å². The Hall–Kier alpha value is -2.23. The summed E-state index contributed by atoms with van der Waals surface area (Å²) in [4.78, 5) is 11.9. The predicted octanol–water partition coefficient (Wildman–Crippen LogP) is 3.21. The number of hydrogen-bond donors (Lipinski definition) is 2. The Morgan fingerprint density at radius 3 is 2.67 bits per heavy atom. The number of carbonyl (C=O) groups excluding carboxylic acids is 1. The van der Waals surface area contributed by atoms with Crippen molar-refractivity contribution in [3.8, 4) is 0 Å². The molecule has 1 fully saturated rings. The summed E-state index contributed by atoms with van der Waals surface area (Å²) < 4.78 is 5.34. The van der Waals surface area contributed by atoms with E-state index < -0.39 is 0 Å². The van der Waals surface area contributed by atoms with Gasteiger partial charge in [0, 0.05) is 29.8 Å². The fourth-order valence-corrected chi connectivity index (χ4v) is 2.28. The van der Waals surface area contributed by atoms with Crippen molar-refractivity contribution in [3.63, 3.8) is 0 Å². The van der Waals surface area contributed by atoms with Crippen LogP contribution in [0.4, 0.5) is 5.69 Å². The number of amides is 1. The molecule has 4 nitrogen and oxygen atoms in total. The van der Waals surface area contributed by atoms with Crippen LogP contribution in [0.1, 0.15) is 35.9 Å². The summed E-state index contributed by atoms with van der Waals surface area (Å²) in [5.74, 6) is 0.989. The van der Waals surface area contributed by atoms with E-state index in [0.29, 0.717) is 11.6 Å². The molecule has 4 heteroatoms. The summed E-state index contributed by atoms with van der Waals surface area (Å²) in [5, 5.41) is 6.40. The average Bonchev–Trinajstić information content (AvgIpc) is 3.13. The normalized spacial score (nSPS) is 15.5. The molecular formula is C17H20N2O2. The molecule has 1 aromatic heterocycles. The van der Waals surface area contributed by atoms with Crippen LogP contribution in [0.5, 0.6) is 0 Å². The highest BCUT2D eigenvalue weighted by atomic mass is 16.3. The Balaban J connectivity index is 1.54. The van der Waals surface area contributed by atoms with Gasteiger partial charge in [-0.25, -0.2) is 0 Å². The fraction of sp³-hybridized carbons (Fsp3) is 0.353. The first-order valence-corrected chi connectivity index (χ1v) is 7.40. The van der Waals surface area contributed by atoms with E-state index >= 15 is 0 Å². The molecule has 0 aliphatic heterocycles. The minimum atomic E-state index is 0.0210. The van der Waals surface area contributed by atoms with Gasteiger partial charge in [-0.1, -0.05) is 0 Å². The van der Waals surface area contributed by atoms with Crippen LogP contribution in [0.2, 0.25) is 0 Å². The van der Waals surface area contributed by atoms with Crippen LogP contribution < -0.4 is 10.6 Å². The third-order valence-corrected chi connectivity index (χ3v) is 3.56. The maximum atomic E-state index is 11.9. The van der Waals surface area contributed by atoms with Crippen LogP contribution in [0.15, 0.2) is 47.1 Å². The predicted molar refractivity (Wildman–Crippen MR) is 82.4 cm³/mol. The average molecular weight is 284 g/mol. The van der Waals surface area contributed by atoms with Crippen LogP contribution in [-0.4, -0.2) is 18.0 Å². The quantitative estimate of drug-likeness (QED) is 0.856. The van der Waals surface area contributed by atoms with Crippen LogP contribution >= 0.6 is 0 Å². The second-order valence-electron chi connectivity index (χ2n) is 5.65. The highest BCUT2D eigenvalue weighted by Crippen LogP contribution is 2.20. The fourth-order valence-electron chi connectivity index (χ4n) is 2.28. The Bertz CT molecular complexity index is 586. The lowest BCUT2D eigenvalue weighted by atomic mass is 10.1. The van der Waals surface area contributed by atoms with Gasteiger partial charge in [0.25, 0.3) is 5.91 Å². The highest BCUT2D eigenvalue weighted by Gasteiger charge is 2.23. The van der Waals surface area contributed by atoms with Gasteiger partial charge < -0.3 is 15.1 Å². The third-order valence-electron chi connectivity index (χ3n) is 3.56. The minimum absolute atomic E-state index is 0.0210. The second kappa shape index (κ2) is 6.04. The van der Waals surface area contributed by atoms with Gasteiger partial charge in [0.15, 0.2) is 0 Å². The number of anilines is 1. The van der Waals surface area contributed by atoms with E-state index in [1.165, 1.54) is 0 Å². The number of benzene rings is 1. The molecule has 1 unspecified atom stereocenters. The second-order valence-corrected chi connectivity index (χ2v) is 5.65. The smallest absolute Gasteiger partial charge is 0.251 e. The SMILES string of the molecule is CC(Cc1ccco1)Nc1ccc(C(=O)NC2CC2)cc1. The molecule has 0 bridgehead atoms. The topological polar surface area (TPSA) is 54.3 Å². The first-order valence-electron chi connectivity index (χ1n) is 7.40. The third kappa shape index (κ3) is 3.88. The molecule has 21 heavy (non-hydrogen) atoms. The molecule has 1 atom stereocenters. The molecule has 110 valence electrons. The lowest BCUT2D eigenvalue weighted by Gasteiger charge is -2.14. The summed E-state index contributed by atoms with van der Waals surface area (Å²) >= 11 is 0. The molecule has 1 amide bonds. The minimum Gasteiger partial charge on any atom is -0.469 e. The number of rotatable bonds is 6. The summed E-state index contributed by atoms with van der Waals surface area (Å²) in [6.07, 6.45) is 4.73. The van der Waals surface area contributed by atoms with Crippen molar-refractivity contribution in [3.05, 3.63) is 54.0 Å². The summed E-state index contributed by atoms with van der Waals surface area (Å²) in [6, 6.07) is 12.1. The molecule has 1 heterocycles. The van der Waals surface area contributed by atoms with Gasteiger partial charge in [0.2, 0.25) is 0 Å². The Kier molecular flexibility index (Phi) is 3.95. The number of carbonyl (C=O) groups is 1. The highest BCUT2D eigenvalue weighted by molar-refractivity contribution is 5.94. The number of hydrogen-bond acceptors (Lipinski definition) is 3. The van der Waals surface area contributed by atoms with E-state index in [1.807, 2.05) is 36.4 Å². The lowest BCUT2D eigenvalue weighted by molar-refractivity contribution is 0.0951. The van der Waals surface area contributed by atoms with Crippen LogP contribution in [0, 0.1) is 0 Å². The Morgan fingerprint density at radius 2 is 2.05 bits per heavy atom. The van der Waals surface area contributed by atoms with Crippen LogP contribution in [-0.2, 0) is 6.42 Å². The van der Waals surface area contributed by atoms with Gasteiger partial charge in [-0.05, 0) is 56.2 Å². The van der Waals surface area contributed by atoms with Gasteiger partial charge in [-0.2, -0.15) is 0 Å². The summed E-state index contributed by atoms with van der Waals surface area (Å²) in [7, 11) is 0. The van der Waals surface area contributed by atoms with Gasteiger partial charge in [0.1, 0.15) is 5.76 Å². The van der Waals surface area contributed by atoms with E-state index in [2.05, 4.69) is 17.6 Å². The first-order chi connectivity index (χ1) is 10.2. The van der Waals surface area contributed by atoms with Crippen LogP contribution in [0.25, 0.3) is 0 Å². The van der Waals surface area contributed by atoms with Crippen molar-refractivity contribution < 1.29 is 9.21 Å². The number of furan rings is 1. The van der Waals surface area contributed by atoms with Crippen molar-refractivity contribution in [1.29, 1.82) is 0 Å². The molecule has 0 saturated heterocycles. The molecule has 0 spiro atoms. The van der Waals surface area contributed by atoms with Crippen molar-refractivity contribution in [1.82, 2.24) is 5.32 Å². The molecule has 3 rings (SSSR count). The molecule has 1 saturated carbocycles. The monoisotopic (exact) mass is 284 g/mol. The van der Waals surface area contributed by atoms with Gasteiger partial charge in [0.05, 0.1) is 6.26 Å². The lowest BCUT2D eigenvalue weighted by Crippen LogP contribution is -2.25. The maximum Gasteiger partial charge on any atom is 0.251 e. The van der Waals surface area contributed by atoms with E-state index in [-0.39, 0.29) is 11.9 Å². The standard InChI is InChI=1S/C17H20N2O2/c1-12(11-16-3-2-10-21-16)18-14-6-4-13(5-7-14)17(20)19-15-8-9-15/h2-7,10,12,15,18H,8-9,11H2,1H3,(H,19,20). The molecule has 1 aromatic carbocycles. The molecule has 2 N–H and O–H groups in total. The summed E-state index contributed by atoms with van der Waals surface area (Å²) in [5.41, 5.74) is 1.73. The first kappa shape index (κ1) is 13.7. The van der Waals surface area contributed by atoms with E-state index in [9.17, 15) is 4.79 Å². The zero-order valence-corrected chi connectivity index (χ0v) is 12.1. The summed E-state index contributed by atoms with van der Waals surface area (Å²) in [6.45, 7) is 2.11. The van der Waals surface area contributed by atoms with Gasteiger partial charge in [-0.3, -0.25) is 4.79 Å². The van der Waals surface area contributed by atoms with E-state index in [0.717, 1.165) is 30.7 Å². The van der Waals surface area contributed by atoms with Crippen molar-refractivity contribution >= 4 is 11.6 Å². The zero-order valence-electron chi connectivity index (χ0n) is 12.1. The molecule has 2 aromatic rings. The Labute approximate surface area is 124 Å². The van der Waals surface area contributed by atoms with E-state index in [1.54, 1.807) is 6.26 Å². The zero-order chi connectivity index (χ0) is 14.7. The molecule has 0 radical (unpaired) electrons. The molecule has 1 aliphatic carbocycles. The molecular weight excluding hydrogens is 264 g/mol. The maximum absolute atomic E-state index is 11.9. The van der Waals surface area contributed by atoms with Crippen LogP contribution in [0.3, 0.4) is 0 Å². The Morgan fingerprint density at radius 1 is 1.29 bits per heavy atom. The van der Waals surface area contributed by atoms with Crippen molar-refractivity contribution in [2.45, 2.75) is 38.3 Å². The van der Waals surface area contributed by atoms with E-state index in [4.69, 9.17) is 4.42 Å². The van der Waals surface area contributed by atoms with Gasteiger partial charge >= 0.3 is 0 Å². The van der Waals surface area contributed by atoms with Crippen molar-refractivity contribution in [2.24, 2.45) is 0 Å². The van der Waals surface area contributed by atoms with Gasteiger partial charge in [-0.15, -0.1) is 0 Å². The largest absolute Gasteiger partial charge is 0.469 e.